The number of methoxy groups -OCH3 is 1. The molecule has 0 aliphatic rings. The second-order valence-corrected chi connectivity index (χ2v) is 4.88. The number of hydrogen-bond acceptors (Lipinski definition) is 2. The molecule has 2 rings (SSSR count). The van der Waals surface area contributed by atoms with Crippen molar-refractivity contribution in [1.29, 1.82) is 0 Å². The fourth-order valence-electron chi connectivity index (χ4n) is 2.51. The van der Waals surface area contributed by atoms with Gasteiger partial charge in [0.2, 0.25) is 0 Å². The molecule has 0 unspecified atom stereocenters. The van der Waals surface area contributed by atoms with E-state index in [-0.39, 0.29) is 6.42 Å². The van der Waals surface area contributed by atoms with E-state index < -0.39 is 5.97 Å². The molecule has 0 amide bonds. The number of hydrogen-bond donors (Lipinski definition) is 1. The van der Waals surface area contributed by atoms with Gasteiger partial charge >= 0.3 is 5.97 Å². The number of carboxylic acid groups (broad SMARTS) is 1. The first-order chi connectivity index (χ1) is 9.02. The molecule has 102 valence electrons. The van der Waals surface area contributed by atoms with Crippen molar-refractivity contribution in [2.24, 2.45) is 7.05 Å². The Bertz CT molecular complexity index is 613. The van der Waals surface area contributed by atoms with Crippen LogP contribution in [0.2, 0.25) is 0 Å². The average Bonchev–Trinajstić information content (AvgIpc) is 2.65. The third-order valence-electron chi connectivity index (χ3n) is 3.32. The van der Waals surface area contributed by atoms with Crippen LogP contribution in [-0.2, 0) is 18.3 Å². The molecule has 0 aliphatic carbocycles. The number of ether oxygens (including phenoxy) is 1. The normalized spacial score (nSPS) is 10.9. The molecular formula is C15H19NO3. The third kappa shape index (κ3) is 2.72. The molecule has 0 fully saturated rings. The maximum Gasteiger partial charge on any atom is 0.303 e. The van der Waals surface area contributed by atoms with Crippen LogP contribution < -0.4 is 4.74 Å². The number of aryl methyl sites for hydroxylation is 3. The van der Waals surface area contributed by atoms with Gasteiger partial charge in [-0.15, -0.1) is 0 Å². The van der Waals surface area contributed by atoms with Crippen molar-refractivity contribution in [3.8, 4) is 5.75 Å². The van der Waals surface area contributed by atoms with E-state index in [1.165, 1.54) is 5.56 Å². The summed E-state index contributed by atoms with van der Waals surface area (Å²) in [7, 11) is 3.66. The minimum atomic E-state index is -0.742. The third-order valence-corrected chi connectivity index (χ3v) is 3.32. The van der Waals surface area contributed by atoms with Crippen LogP contribution in [-0.4, -0.2) is 22.8 Å². The number of aliphatic carboxylic acids is 1. The van der Waals surface area contributed by atoms with E-state index in [4.69, 9.17) is 9.84 Å². The zero-order valence-corrected chi connectivity index (χ0v) is 11.6. The van der Waals surface area contributed by atoms with E-state index in [1.807, 2.05) is 24.6 Å². The summed E-state index contributed by atoms with van der Waals surface area (Å²) in [5.74, 6) is 0.121. The number of benzene rings is 1. The topological polar surface area (TPSA) is 51.5 Å². The zero-order valence-electron chi connectivity index (χ0n) is 11.6. The standard InChI is InChI=1S/C15H19NO3/c1-10-7-12-11(5-4-6-14(17)18)9-16(2)15(12)13(8-10)19-3/h7-9H,4-6H2,1-3H3,(H,17,18). The largest absolute Gasteiger partial charge is 0.495 e. The molecule has 0 saturated carbocycles. The van der Waals surface area contributed by atoms with Crippen LogP contribution in [0.3, 0.4) is 0 Å². The number of aromatic nitrogens is 1. The number of carbonyl (C=O) groups is 1. The molecule has 0 aliphatic heterocycles. The van der Waals surface area contributed by atoms with E-state index in [0.29, 0.717) is 6.42 Å². The highest BCUT2D eigenvalue weighted by atomic mass is 16.5. The fraction of sp³-hybridized carbons (Fsp3) is 0.400. The lowest BCUT2D eigenvalue weighted by atomic mass is 10.0. The second-order valence-electron chi connectivity index (χ2n) is 4.88. The summed E-state index contributed by atoms with van der Waals surface area (Å²) >= 11 is 0. The highest BCUT2D eigenvalue weighted by Crippen LogP contribution is 2.31. The molecule has 1 aromatic carbocycles. The van der Waals surface area contributed by atoms with E-state index in [1.54, 1.807) is 7.11 Å². The summed E-state index contributed by atoms with van der Waals surface area (Å²) in [6.45, 7) is 2.04. The SMILES string of the molecule is COc1cc(C)cc2c(CCCC(=O)O)cn(C)c12. The van der Waals surface area contributed by atoms with Gasteiger partial charge in [-0.1, -0.05) is 0 Å². The Kier molecular flexibility index (Phi) is 3.79. The summed E-state index contributed by atoms with van der Waals surface area (Å²) in [4.78, 5) is 10.6. The zero-order chi connectivity index (χ0) is 14.0. The first-order valence-electron chi connectivity index (χ1n) is 6.37. The number of rotatable bonds is 5. The smallest absolute Gasteiger partial charge is 0.303 e. The summed E-state index contributed by atoms with van der Waals surface area (Å²) < 4.78 is 7.48. The van der Waals surface area contributed by atoms with Gasteiger partial charge in [-0.05, 0) is 43.0 Å². The Morgan fingerprint density at radius 1 is 1.42 bits per heavy atom. The molecule has 4 nitrogen and oxygen atoms in total. The first kappa shape index (κ1) is 13.5. The van der Waals surface area contributed by atoms with Crippen molar-refractivity contribution in [2.75, 3.05) is 7.11 Å². The lowest BCUT2D eigenvalue weighted by Crippen LogP contribution is -1.95. The van der Waals surface area contributed by atoms with Gasteiger partial charge < -0.3 is 14.4 Å². The van der Waals surface area contributed by atoms with Crippen LogP contribution in [0.25, 0.3) is 10.9 Å². The van der Waals surface area contributed by atoms with E-state index >= 15 is 0 Å². The van der Waals surface area contributed by atoms with Gasteiger partial charge in [0, 0.05) is 25.1 Å². The number of fused-ring (bicyclic) bond motifs is 1. The van der Waals surface area contributed by atoms with Gasteiger partial charge in [0.05, 0.1) is 12.6 Å². The molecule has 0 radical (unpaired) electrons. The monoisotopic (exact) mass is 261 g/mol. The van der Waals surface area contributed by atoms with Crippen LogP contribution >= 0.6 is 0 Å². The minimum absolute atomic E-state index is 0.208. The van der Waals surface area contributed by atoms with Crippen molar-refractivity contribution < 1.29 is 14.6 Å². The molecule has 1 N–H and O–H groups in total. The Labute approximate surface area is 112 Å². The number of nitrogens with zero attached hydrogens (tertiary/aromatic N) is 1. The van der Waals surface area contributed by atoms with Crippen molar-refractivity contribution in [1.82, 2.24) is 4.57 Å². The molecule has 2 aromatic rings. The quantitative estimate of drug-likeness (QED) is 0.900. The summed E-state index contributed by atoms with van der Waals surface area (Å²) in [6.07, 6.45) is 3.70. The van der Waals surface area contributed by atoms with Crippen LogP contribution in [0.15, 0.2) is 18.3 Å². The van der Waals surface area contributed by atoms with Crippen molar-refractivity contribution in [3.05, 3.63) is 29.5 Å². The number of carboxylic acids is 1. The van der Waals surface area contributed by atoms with Crippen LogP contribution in [0, 0.1) is 6.92 Å². The summed E-state index contributed by atoms with van der Waals surface area (Å²) in [5, 5.41) is 9.87. The molecule has 4 heteroatoms. The van der Waals surface area contributed by atoms with Gasteiger partial charge in [-0.25, -0.2) is 0 Å². The highest BCUT2D eigenvalue weighted by molar-refractivity contribution is 5.90. The molecule has 19 heavy (non-hydrogen) atoms. The maximum absolute atomic E-state index is 10.6. The molecule has 1 aromatic heterocycles. The van der Waals surface area contributed by atoms with Gasteiger partial charge in [-0.3, -0.25) is 4.79 Å². The Morgan fingerprint density at radius 2 is 2.16 bits per heavy atom. The lowest BCUT2D eigenvalue weighted by Gasteiger charge is -2.06. The van der Waals surface area contributed by atoms with E-state index in [2.05, 4.69) is 12.3 Å². The highest BCUT2D eigenvalue weighted by Gasteiger charge is 2.12. The minimum Gasteiger partial charge on any atom is -0.495 e. The predicted molar refractivity (Wildman–Crippen MR) is 74.8 cm³/mol. The average molecular weight is 261 g/mol. The van der Waals surface area contributed by atoms with Gasteiger partial charge in [0.25, 0.3) is 0 Å². The Balaban J connectivity index is 2.40. The van der Waals surface area contributed by atoms with Crippen LogP contribution in [0.1, 0.15) is 24.0 Å². The van der Waals surface area contributed by atoms with Gasteiger partial charge in [0.1, 0.15) is 5.75 Å². The predicted octanol–water partition coefficient (Wildman–Crippen LogP) is 2.90. The fourth-order valence-corrected chi connectivity index (χ4v) is 2.51. The Morgan fingerprint density at radius 3 is 2.79 bits per heavy atom. The van der Waals surface area contributed by atoms with E-state index in [0.717, 1.165) is 28.6 Å². The Hall–Kier alpha value is -1.97. The summed E-state index contributed by atoms with van der Waals surface area (Å²) in [6, 6.07) is 4.15. The molecule has 0 atom stereocenters. The van der Waals surface area contributed by atoms with Crippen LogP contribution in [0.4, 0.5) is 0 Å². The molecular weight excluding hydrogens is 242 g/mol. The first-order valence-corrected chi connectivity index (χ1v) is 6.37. The van der Waals surface area contributed by atoms with Crippen LogP contribution in [0.5, 0.6) is 5.75 Å². The van der Waals surface area contributed by atoms with Crippen molar-refractivity contribution in [2.45, 2.75) is 26.2 Å². The molecule has 0 bridgehead atoms. The molecule has 0 saturated heterocycles. The molecule has 0 spiro atoms. The van der Waals surface area contributed by atoms with Crippen molar-refractivity contribution >= 4 is 16.9 Å². The summed E-state index contributed by atoms with van der Waals surface area (Å²) in [5.41, 5.74) is 3.40. The van der Waals surface area contributed by atoms with Crippen molar-refractivity contribution in [3.63, 3.8) is 0 Å². The molecule has 1 heterocycles. The van der Waals surface area contributed by atoms with E-state index in [9.17, 15) is 4.79 Å². The van der Waals surface area contributed by atoms with Gasteiger partial charge in [0.15, 0.2) is 0 Å². The maximum atomic E-state index is 10.6. The lowest BCUT2D eigenvalue weighted by molar-refractivity contribution is -0.137. The second kappa shape index (κ2) is 5.34. The van der Waals surface area contributed by atoms with Gasteiger partial charge in [-0.2, -0.15) is 0 Å².